The van der Waals surface area contributed by atoms with Crippen LogP contribution in [0.3, 0.4) is 0 Å². The highest BCUT2D eigenvalue weighted by atomic mass is 35.5. The fraction of sp³-hybridized carbons (Fsp3) is 0.625. The summed E-state index contributed by atoms with van der Waals surface area (Å²) >= 11 is 6.39. The topological polar surface area (TPSA) is 15.3 Å². The third-order valence-electron chi connectivity index (χ3n) is 3.66. The second kappa shape index (κ2) is 7.16. The molecular weight excluding hydrogens is 256 g/mol. The average molecular weight is 281 g/mol. The predicted molar refractivity (Wildman–Crippen MR) is 84.1 cm³/mol. The Kier molecular flexibility index (Phi) is 5.53. The van der Waals surface area contributed by atoms with Gasteiger partial charge >= 0.3 is 0 Å². The van der Waals surface area contributed by atoms with Crippen LogP contribution in [0.5, 0.6) is 0 Å². The predicted octanol–water partition coefficient (Wildman–Crippen LogP) is 4.08. The van der Waals surface area contributed by atoms with Crippen LogP contribution in [-0.4, -0.2) is 19.6 Å². The van der Waals surface area contributed by atoms with Crippen molar-refractivity contribution in [3.8, 4) is 0 Å². The van der Waals surface area contributed by atoms with E-state index in [0.29, 0.717) is 0 Å². The normalized spacial score (nSPS) is 14.7. The Balaban J connectivity index is 2.20. The van der Waals surface area contributed by atoms with Crippen LogP contribution in [0.2, 0.25) is 5.02 Å². The van der Waals surface area contributed by atoms with Crippen molar-refractivity contribution in [2.75, 3.05) is 24.5 Å². The molecule has 1 N–H and O–H groups in total. The Labute approximate surface area is 122 Å². The van der Waals surface area contributed by atoms with E-state index in [4.69, 9.17) is 11.6 Å². The zero-order valence-electron chi connectivity index (χ0n) is 12.1. The standard InChI is InChI=1S/C16H25ClN2/c1-3-10-19(12-13-8-9-13)16-7-5-6-15(17)14(16)11-18-4-2/h5-7,13,18H,3-4,8-12H2,1-2H3. The Bertz CT molecular complexity index is 402. The van der Waals surface area contributed by atoms with Gasteiger partial charge in [0.15, 0.2) is 0 Å². The molecule has 1 fully saturated rings. The molecule has 0 amide bonds. The Morgan fingerprint density at radius 1 is 1.32 bits per heavy atom. The lowest BCUT2D eigenvalue weighted by molar-refractivity contribution is 0.689. The molecule has 0 aliphatic heterocycles. The summed E-state index contributed by atoms with van der Waals surface area (Å²) in [6, 6.07) is 6.29. The monoisotopic (exact) mass is 280 g/mol. The fourth-order valence-corrected chi connectivity index (χ4v) is 2.70. The Morgan fingerprint density at radius 3 is 2.74 bits per heavy atom. The van der Waals surface area contributed by atoms with Gasteiger partial charge in [-0.05, 0) is 43.9 Å². The zero-order valence-corrected chi connectivity index (χ0v) is 12.8. The molecular formula is C16H25ClN2. The van der Waals surface area contributed by atoms with Gasteiger partial charge in [0.2, 0.25) is 0 Å². The third kappa shape index (κ3) is 4.12. The minimum absolute atomic E-state index is 0.858. The number of rotatable bonds is 8. The molecule has 0 saturated heterocycles. The summed E-state index contributed by atoms with van der Waals surface area (Å²) in [5.41, 5.74) is 2.57. The number of nitrogens with one attached hydrogen (secondary N) is 1. The van der Waals surface area contributed by atoms with Crippen LogP contribution in [0.4, 0.5) is 5.69 Å². The van der Waals surface area contributed by atoms with Crippen molar-refractivity contribution in [2.45, 2.75) is 39.7 Å². The van der Waals surface area contributed by atoms with Crippen molar-refractivity contribution < 1.29 is 0 Å². The van der Waals surface area contributed by atoms with Crippen LogP contribution < -0.4 is 10.2 Å². The van der Waals surface area contributed by atoms with Gasteiger partial charge in [-0.3, -0.25) is 0 Å². The first kappa shape index (κ1) is 14.7. The van der Waals surface area contributed by atoms with E-state index in [1.807, 2.05) is 6.07 Å². The smallest absolute Gasteiger partial charge is 0.0471 e. The van der Waals surface area contributed by atoms with Gasteiger partial charge in [-0.25, -0.2) is 0 Å². The minimum atomic E-state index is 0.858. The van der Waals surface area contributed by atoms with E-state index in [2.05, 4.69) is 36.2 Å². The van der Waals surface area contributed by atoms with Crippen molar-refractivity contribution in [1.82, 2.24) is 5.32 Å². The number of anilines is 1. The summed E-state index contributed by atoms with van der Waals surface area (Å²) < 4.78 is 0. The molecule has 1 aliphatic rings. The van der Waals surface area contributed by atoms with Crippen LogP contribution in [0, 0.1) is 5.92 Å². The molecule has 1 saturated carbocycles. The lowest BCUT2D eigenvalue weighted by Gasteiger charge is -2.27. The summed E-state index contributed by atoms with van der Waals surface area (Å²) in [4.78, 5) is 2.52. The van der Waals surface area contributed by atoms with E-state index in [1.165, 1.54) is 37.1 Å². The molecule has 0 aromatic heterocycles. The van der Waals surface area contributed by atoms with Gasteiger partial charge in [0.25, 0.3) is 0 Å². The van der Waals surface area contributed by atoms with Gasteiger partial charge in [0.1, 0.15) is 0 Å². The van der Waals surface area contributed by atoms with Gasteiger partial charge in [0.05, 0.1) is 0 Å². The average Bonchev–Trinajstić information content (AvgIpc) is 3.21. The molecule has 1 aromatic carbocycles. The molecule has 19 heavy (non-hydrogen) atoms. The van der Waals surface area contributed by atoms with Crippen molar-refractivity contribution in [3.05, 3.63) is 28.8 Å². The summed E-state index contributed by atoms with van der Waals surface area (Å²) in [6.07, 6.45) is 3.96. The first-order valence-corrected chi connectivity index (χ1v) is 7.87. The second-order valence-electron chi connectivity index (χ2n) is 5.41. The Morgan fingerprint density at radius 2 is 2.11 bits per heavy atom. The lowest BCUT2D eigenvalue weighted by atomic mass is 10.1. The maximum atomic E-state index is 6.39. The molecule has 0 heterocycles. The maximum absolute atomic E-state index is 6.39. The van der Waals surface area contributed by atoms with Crippen molar-refractivity contribution in [2.24, 2.45) is 5.92 Å². The van der Waals surface area contributed by atoms with Crippen LogP contribution in [0.1, 0.15) is 38.7 Å². The highest BCUT2D eigenvalue weighted by molar-refractivity contribution is 6.31. The fourth-order valence-electron chi connectivity index (χ4n) is 2.46. The maximum Gasteiger partial charge on any atom is 0.0471 e. The molecule has 0 unspecified atom stereocenters. The largest absolute Gasteiger partial charge is 0.371 e. The van der Waals surface area contributed by atoms with E-state index < -0.39 is 0 Å². The molecule has 1 aromatic rings. The molecule has 106 valence electrons. The number of nitrogens with zero attached hydrogens (tertiary/aromatic N) is 1. The minimum Gasteiger partial charge on any atom is -0.371 e. The molecule has 2 nitrogen and oxygen atoms in total. The molecule has 0 atom stereocenters. The van der Waals surface area contributed by atoms with Gasteiger partial charge in [-0.2, -0.15) is 0 Å². The van der Waals surface area contributed by atoms with Gasteiger partial charge in [-0.15, -0.1) is 0 Å². The van der Waals surface area contributed by atoms with E-state index >= 15 is 0 Å². The SMILES string of the molecule is CCCN(CC1CC1)c1cccc(Cl)c1CNCC. The summed E-state index contributed by atoms with van der Waals surface area (Å²) in [5.74, 6) is 0.900. The highest BCUT2D eigenvalue weighted by Crippen LogP contribution is 2.34. The molecule has 0 spiro atoms. The molecule has 2 rings (SSSR count). The number of benzene rings is 1. The Hall–Kier alpha value is -0.730. The van der Waals surface area contributed by atoms with Gasteiger partial charge in [0, 0.05) is 35.9 Å². The molecule has 0 bridgehead atoms. The van der Waals surface area contributed by atoms with Crippen molar-refractivity contribution >= 4 is 17.3 Å². The van der Waals surface area contributed by atoms with E-state index in [9.17, 15) is 0 Å². The molecule has 0 radical (unpaired) electrons. The number of halogens is 1. The number of hydrogen-bond donors (Lipinski definition) is 1. The first-order valence-electron chi connectivity index (χ1n) is 7.49. The summed E-state index contributed by atoms with van der Waals surface area (Å²) in [6.45, 7) is 8.51. The van der Waals surface area contributed by atoms with E-state index in [-0.39, 0.29) is 0 Å². The van der Waals surface area contributed by atoms with Gasteiger partial charge in [-0.1, -0.05) is 31.5 Å². The lowest BCUT2D eigenvalue weighted by Crippen LogP contribution is -2.28. The van der Waals surface area contributed by atoms with Crippen LogP contribution in [-0.2, 0) is 6.54 Å². The first-order chi connectivity index (χ1) is 9.26. The second-order valence-corrected chi connectivity index (χ2v) is 5.81. The highest BCUT2D eigenvalue weighted by Gasteiger charge is 2.25. The molecule has 1 aliphatic carbocycles. The molecule has 3 heteroatoms. The quantitative estimate of drug-likeness (QED) is 0.772. The van der Waals surface area contributed by atoms with Crippen molar-refractivity contribution in [1.29, 1.82) is 0 Å². The van der Waals surface area contributed by atoms with Gasteiger partial charge < -0.3 is 10.2 Å². The summed E-state index contributed by atoms with van der Waals surface area (Å²) in [5, 5.41) is 4.29. The van der Waals surface area contributed by atoms with E-state index in [1.54, 1.807) is 0 Å². The zero-order chi connectivity index (χ0) is 13.7. The van der Waals surface area contributed by atoms with Crippen molar-refractivity contribution in [3.63, 3.8) is 0 Å². The van der Waals surface area contributed by atoms with Crippen LogP contribution in [0.25, 0.3) is 0 Å². The van der Waals surface area contributed by atoms with Crippen LogP contribution in [0.15, 0.2) is 18.2 Å². The van der Waals surface area contributed by atoms with Crippen LogP contribution >= 0.6 is 11.6 Å². The number of hydrogen-bond acceptors (Lipinski definition) is 2. The van der Waals surface area contributed by atoms with E-state index in [0.717, 1.165) is 30.6 Å². The summed E-state index contributed by atoms with van der Waals surface area (Å²) in [7, 11) is 0. The third-order valence-corrected chi connectivity index (χ3v) is 4.01.